The van der Waals surface area contributed by atoms with Crippen LogP contribution in [0.3, 0.4) is 0 Å². The van der Waals surface area contributed by atoms with Crippen molar-refractivity contribution in [2.75, 3.05) is 32.0 Å². The number of carbonyl (C=O) groups is 1. The second-order valence-electron chi connectivity index (χ2n) is 4.16. The first-order chi connectivity index (χ1) is 9.04. The second kappa shape index (κ2) is 12.1. The summed E-state index contributed by atoms with van der Waals surface area (Å²) in [6, 6.07) is 1.62. The van der Waals surface area contributed by atoms with Crippen molar-refractivity contribution in [2.45, 2.75) is 6.92 Å². The van der Waals surface area contributed by atoms with Gasteiger partial charge >= 0.3 is 0 Å². The monoisotopic (exact) mass is 376 g/mol. The van der Waals surface area contributed by atoms with Gasteiger partial charge in [0.2, 0.25) is 5.91 Å². The molecule has 0 aromatic carbocycles. The fraction of sp³-hybridized carbons (Fsp3) is 0.500. The Bertz CT molecular complexity index is 434. The number of hydrogen-bond acceptors (Lipinski definition) is 4. The lowest BCUT2D eigenvalue weighted by Crippen LogP contribution is -2.36. The molecule has 3 N–H and O–H groups in total. The first kappa shape index (κ1) is 22.8. The van der Waals surface area contributed by atoms with E-state index in [0.29, 0.717) is 35.5 Å². The molecule has 0 bridgehead atoms. The maximum atomic E-state index is 11.6. The third-order valence-corrected chi connectivity index (χ3v) is 2.98. The maximum absolute atomic E-state index is 11.6. The van der Waals surface area contributed by atoms with Gasteiger partial charge in [0, 0.05) is 31.7 Å². The van der Waals surface area contributed by atoms with Crippen LogP contribution < -0.4 is 16.0 Å². The molecule has 1 amide bonds. The van der Waals surface area contributed by atoms with Gasteiger partial charge in [0.25, 0.3) is 0 Å². The van der Waals surface area contributed by atoms with Crippen molar-refractivity contribution in [1.82, 2.24) is 15.6 Å². The largest absolute Gasteiger partial charge is 0.367 e. The van der Waals surface area contributed by atoms with Crippen molar-refractivity contribution < 1.29 is 4.79 Å². The molecule has 1 atom stereocenters. The molecule has 1 unspecified atom stereocenters. The zero-order valence-corrected chi connectivity index (χ0v) is 14.9. The van der Waals surface area contributed by atoms with Crippen molar-refractivity contribution in [2.24, 2.45) is 5.92 Å². The molecule has 1 aromatic rings. The Hall–Kier alpha value is -0.460. The third-order valence-electron chi connectivity index (χ3n) is 2.48. The van der Waals surface area contributed by atoms with E-state index >= 15 is 0 Å². The van der Waals surface area contributed by atoms with Gasteiger partial charge in [-0.15, -0.1) is 24.8 Å². The van der Waals surface area contributed by atoms with Crippen molar-refractivity contribution in [3.05, 3.63) is 22.3 Å². The number of carbonyl (C=O) groups excluding carboxylic acids is 1. The summed E-state index contributed by atoms with van der Waals surface area (Å²) in [5.74, 6) is 0.525. The molecule has 1 aromatic heterocycles. The Balaban J connectivity index is 0. The quantitative estimate of drug-likeness (QED) is 0.639. The predicted octanol–water partition coefficient (Wildman–Crippen LogP) is 2.62. The van der Waals surface area contributed by atoms with Crippen LogP contribution in [-0.2, 0) is 4.79 Å². The first-order valence-corrected chi connectivity index (χ1v) is 6.77. The van der Waals surface area contributed by atoms with Crippen LogP contribution in [-0.4, -0.2) is 37.6 Å². The summed E-state index contributed by atoms with van der Waals surface area (Å²) in [6.45, 7) is 3.58. The molecule has 0 aliphatic rings. The van der Waals surface area contributed by atoms with Crippen LogP contribution >= 0.6 is 48.0 Å². The van der Waals surface area contributed by atoms with Gasteiger partial charge in [0.05, 0.1) is 10.0 Å². The van der Waals surface area contributed by atoms with Gasteiger partial charge in [-0.3, -0.25) is 4.79 Å². The highest BCUT2D eigenvalue weighted by atomic mass is 35.5. The van der Waals surface area contributed by atoms with E-state index in [0.717, 1.165) is 0 Å². The topological polar surface area (TPSA) is 66.1 Å². The number of pyridine rings is 1. The van der Waals surface area contributed by atoms with E-state index in [1.54, 1.807) is 6.07 Å². The Kier molecular flexibility index (Phi) is 13.2. The second-order valence-corrected chi connectivity index (χ2v) is 5.00. The van der Waals surface area contributed by atoms with Gasteiger partial charge in [-0.2, -0.15) is 0 Å². The van der Waals surface area contributed by atoms with Gasteiger partial charge in [-0.1, -0.05) is 30.1 Å². The van der Waals surface area contributed by atoms with Crippen LogP contribution in [0, 0.1) is 5.92 Å². The van der Waals surface area contributed by atoms with E-state index in [2.05, 4.69) is 20.9 Å². The van der Waals surface area contributed by atoms with E-state index < -0.39 is 0 Å². The summed E-state index contributed by atoms with van der Waals surface area (Å²) in [4.78, 5) is 15.7. The predicted molar refractivity (Wildman–Crippen MR) is 93.3 cm³/mol. The highest BCUT2D eigenvalue weighted by molar-refractivity contribution is 6.35. The average molecular weight is 378 g/mol. The van der Waals surface area contributed by atoms with Gasteiger partial charge in [-0.05, 0) is 13.1 Å². The standard InChI is InChI=1S/C12H18Cl2N4O.2ClH/c1-8(6-15-2)12(19)17-4-3-16-11-10(14)5-9(13)7-18-11;;/h5,7-8,15H,3-4,6H2,1-2H3,(H,16,18)(H,17,19);2*1H. The number of anilines is 1. The number of halogens is 4. The highest BCUT2D eigenvalue weighted by Crippen LogP contribution is 2.21. The molecule has 0 radical (unpaired) electrons. The lowest BCUT2D eigenvalue weighted by molar-refractivity contribution is -0.124. The van der Waals surface area contributed by atoms with Gasteiger partial charge in [-0.25, -0.2) is 4.98 Å². The van der Waals surface area contributed by atoms with E-state index in [1.165, 1.54) is 6.20 Å². The summed E-state index contributed by atoms with van der Waals surface area (Å²) < 4.78 is 0. The first-order valence-electron chi connectivity index (χ1n) is 6.01. The highest BCUT2D eigenvalue weighted by Gasteiger charge is 2.10. The molecular weight excluding hydrogens is 358 g/mol. The van der Waals surface area contributed by atoms with Crippen LogP contribution in [0.15, 0.2) is 12.3 Å². The summed E-state index contributed by atoms with van der Waals surface area (Å²) in [7, 11) is 1.82. The van der Waals surface area contributed by atoms with E-state index in [1.807, 2.05) is 14.0 Å². The van der Waals surface area contributed by atoms with Crippen LogP contribution in [0.5, 0.6) is 0 Å². The molecule has 9 heteroatoms. The maximum Gasteiger partial charge on any atom is 0.224 e. The summed E-state index contributed by atoms with van der Waals surface area (Å²) >= 11 is 11.7. The van der Waals surface area contributed by atoms with E-state index in [9.17, 15) is 4.79 Å². The minimum absolute atomic E-state index is 0. The molecule has 0 saturated carbocycles. The molecule has 0 spiro atoms. The van der Waals surface area contributed by atoms with Crippen LogP contribution in [0.4, 0.5) is 5.82 Å². The van der Waals surface area contributed by atoms with E-state index in [4.69, 9.17) is 23.2 Å². The van der Waals surface area contributed by atoms with Crippen molar-refractivity contribution in [3.8, 4) is 0 Å². The molecule has 0 fully saturated rings. The van der Waals surface area contributed by atoms with Gasteiger partial charge in [0.15, 0.2) is 0 Å². The van der Waals surface area contributed by atoms with Crippen LogP contribution in [0.1, 0.15) is 6.92 Å². The zero-order valence-electron chi connectivity index (χ0n) is 11.8. The van der Waals surface area contributed by atoms with E-state index in [-0.39, 0.29) is 36.6 Å². The molecular formula is C12H20Cl4N4O. The van der Waals surface area contributed by atoms with Crippen molar-refractivity contribution in [3.63, 3.8) is 0 Å². The average Bonchev–Trinajstić information content (AvgIpc) is 2.36. The summed E-state index contributed by atoms with van der Waals surface area (Å²) in [5, 5.41) is 9.78. The van der Waals surface area contributed by atoms with Crippen molar-refractivity contribution in [1.29, 1.82) is 0 Å². The Morgan fingerprint density at radius 2 is 2.00 bits per heavy atom. The Morgan fingerprint density at radius 3 is 2.57 bits per heavy atom. The minimum atomic E-state index is -0.0535. The Morgan fingerprint density at radius 1 is 1.33 bits per heavy atom. The fourth-order valence-corrected chi connectivity index (χ4v) is 1.93. The number of hydrogen-bond donors (Lipinski definition) is 3. The summed E-state index contributed by atoms with van der Waals surface area (Å²) in [5.41, 5.74) is 0. The summed E-state index contributed by atoms with van der Waals surface area (Å²) in [6.07, 6.45) is 1.52. The molecule has 5 nitrogen and oxygen atoms in total. The number of rotatable bonds is 7. The van der Waals surface area contributed by atoms with Crippen molar-refractivity contribution >= 4 is 59.7 Å². The molecule has 0 saturated heterocycles. The minimum Gasteiger partial charge on any atom is -0.367 e. The van der Waals surface area contributed by atoms with Crippen LogP contribution in [0.25, 0.3) is 0 Å². The van der Waals surface area contributed by atoms with Gasteiger partial charge < -0.3 is 16.0 Å². The SMILES string of the molecule is CNCC(C)C(=O)NCCNc1ncc(Cl)cc1Cl.Cl.Cl. The molecule has 0 aliphatic heterocycles. The number of amides is 1. The molecule has 21 heavy (non-hydrogen) atoms. The third kappa shape index (κ3) is 8.53. The van der Waals surface area contributed by atoms with Crippen LogP contribution in [0.2, 0.25) is 10.0 Å². The number of aromatic nitrogens is 1. The van der Waals surface area contributed by atoms with Gasteiger partial charge in [0.1, 0.15) is 5.82 Å². The lowest BCUT2D eigenvalue weighted by atomic mass is 10.1. The number of nitrogens with one attached hydrogen (secondary N) is 3. The zero-order chi connectivity index (χ0) is 14.3. The molecule has 122 valence electrons. The smallest absolute Gasteiger partial charge is 0.224 e. The normalized spacial score (nSPS) is 10.9. The molecule has 1 heterocycles. The fourth-order valence-electron chi connectivity index (χ4n) is 1.48. The number of nitrogens with zero attached hydrogens (tertiary/aromatic N) is 1. The Labute approximate surface area is 147 Å². The molecule has 1 rings (SSSR count). The molecule has 0 aliphatic carbocycles. The lowest BCUT2D eigenvalue weighted by Gasteiger charge is -2.12.